The fraction of sp³-hybridized carbons (Fsp3) is 0.667. The third-order valence-electron chi connectivity index (χ3n) is 3.82. The first-order valence-electron chi connectivity index (χ1n) is 5.50. The van der Waals surface area contributed by atoms with E-state index in [-0.39, 0.29) is 6.04 Å². The predicted octanol–water partition coefficient (Wildman–Crippen LogP) is 2.09. The van der Waals surface area contributed by atoms with Crippen LogP contribution in [0.2, 0.25) is 0 Å². The third-order valence-corrected chi connectivity index (χ3v) is 3.82. The lowest BCUT2D eigenvalue weighted by molar-refractivity contribution is 0.338. The van der Waals surface area contributed by atoms with E-state index in [1.54, 1.807) is 0 Å². The molecule has 2 aliphatic rings. The Labute approximate surface area is 86.5 Å². The smallest absolute Gasteiger partial charge is 0.0646 e. The molecule has 2 N–H and O–H groups in total. The lowest BCUT2D eigenvalue weighted by Gasteiger charge is -2.26. The van der Waals surface area contributed by atoms with E-state index in [4.69, 9.17) is 5.73 Å². The summed E-state index contributed by atoms with van der Waals surface area (Å²) in [7, 11) is 0. The zero-order chi connectivity index (χ0) is 10.3. The Hall–Kier alpha value is -0.760. The molecule has 3 unspecified atom stereocenters. The maximum Gasteiger partial charge on any atom is 0.0646 e. The maximum atomic E-state index is 5.88. The third kappa shape index (κ3) is 1.48. The van der Waals surface area contributed by atoms with Crippen molar-refractivity contribution in [3.63, 3.8) is 0 Å². The van der Waals surface area contributed by atoms with Crippen molar-refractivity contribution in [2.45, 2.75) is 38.8 Å². The van der Waals surface area contributed by atoms with Crippen LogP contribution in [0.5, 0.6) is 0 Å². The molecule has 0 amide bonds. The highest BCUT2D eigenvalue weighted by atomic mass is 15.2. The fourth-order valence-corrected chi connectivity index (χ4v) is 2.57. The van der Waals surface area contributed by atoms with E-state index in [9.17, 15) is 0 Å². The van der Waals surface area contributed by atoms with Gasteiger partial charge in [0.1, 0.15) is 0 Å². The number of hydrogen-bond acceptors (Lipinski definition) is 2. The minimum absolute atomic E-state index is 0.0428. The molecule has 14 heavy (non-hydrogen) atoms. The summed E-state index contributed by atoms with van der Waals surface area (Å²) in [6.45, 7) is 8.73. The van der Waals surface area contributed by atoms with Crippen LogP contribution in [-0.4, -0.2) is 17.0 Å². The largest absolute Gasteiger partial charge is 0.347 e. The van der Waals surface area contributed by atoms with E-state index in [2.05, 4.69) is 31.5 Å². The van der Waals surface area contributed by atoms with Gasteiger partial charge in [0.15, 0.2) is 0 Å². The summed E-state index contributed by atoms with van der Waals surface area (Å²) in [6.07, 6.45) is 6.70. The topological polar surface area (TPSA) is 29.3 Å². The molecule has 0 aromatic heterocycles. The van der Waals surface area contributed by atoms with Gasteiger partial charge in [0.25, 0.3) is 0 Å². The Morgan fingerprint density at radius 1 is 1.36 bits per heavy atom. The van der Waals surface area contributed by atoms with Crippen LogP contribution in [0.15, 0.2) is 24.6 Å². The predicted molar refractivity (Wildman–Crippen MR) is 59.4 cm³/mol. The van der Waals surface area contributed by atoms with Gasteiger partial charge >= 0.3 is 0 Å². The van der Waals surface area contributed by atoms with Crippen molar-refractivity contribution in [2.75, 3.05) is 0 Å². The van der Waals surface area contributed by atoms with Crippen LogP contribution >= 0.6 is 0 Å². The van der Waals surface area contributed by atoms with Crippen LogP contribution < -0.4 is 5.73 Å². The second kappa shape index (κ2) is 3.43. The van der Waals surface area contributed by atoms with E-state index in [1.807, 2.05) is 6.08 Å². The van der Waals surface area contributed by atoms with Gasteiger partial charge in [-0.05, 0) is 30.8 Å². The molecule has 2 heteroatoms. The molecule has 0 spiro atoms. The maximum absolute atomic E-state index is 5.88. The molecule has 0 radical (unpaired) electrons. The highest BCUT2D eigenvalue weighted by molar-refractivity contribution is 5.23. The summed E-state index contributed by atoms with van der Waals surface area (Å²) in [5, 5.41) is 0. The summed E-state index contributed by atoms with van der Waals surface area (Å²) < 4.78 is 0. The van der Waals surface area contributed by atoms with Gasteiger partial charge in [-0.25, -0.2) is 0 Å². The molecule has 3 atom stereocenters. The molecule has 2 rings (SSSR count). The number of rotatable bonds is 1. The fourth-order valence-electron chi connectivity index (χ4n) is 2.57. The molecular formula is C12H20N2. The summed E-state index contributed by atoms with van der Waals surface area (Å²) in [6, 6.07) is 0.679. The second-order valence-corrected chi connectivity index (χ2v) is 4.85. The van der Waals surface area contributed by atoms with Gasteiger partial charge in [0.2, 0.25) is 0 Å². The Balaban J connectivity index is 2.04. The van der Waals surface area contributed by atoms with E-state index >= 15 is 0 Å². The van der Waals surface area contributed by atoms with E-state index in [0.717, 1.165) is 17.5 Å². The minimum atomic E-state index is 0.0428. The zero-order valence-corrected chi connectivity index (χ0v) is 9.11. The summed E-state index contributed by atoms with van der Waals surface area (Å²) in [5.41, 5.74) is 6.94. The van der Waals surface area contributed by atoms with Crippen molar-refractivity contribution in [2.24, 2.45) is 17.6 Å². The van der Waals surface area contributed by atoms with Crippen molar-refractivity contribution in [1.29, 1.82) is 0 Å². The number of hydrogen-bond donors (Lipinski definition) is 1. The van der Waals surface area contributed by atoms with Crippen molar-refractivity contribution < 1.29 is 0 Å². The van der Waals surface area contributed by atoms with E-state index in [0.29, 0.717) is 6.04 Å². The second-order valence-electron chi connectivity index (χ2n) is 4.85. The van der Waals surface area contributed by atoms with E-state index < -0.39 is 0 Å². The van der Waals surface area contributed by atoms with Crippen LogP contribution in [-0.2, 0) is 0 Å². The molecule has 0 saturated heterocycles. The lowest BCUT2D eigenvalue weighted by Crippen LogP contribution is -2.30. The molecule has 1 aliphatic heterocycles. The number of nitrogens with two attached hydrogens (primary N) is 1. The van der Waals surface area contributed by atoms with Gasteiger partial charge in [-0.2, -0.15) is 0 Å². The Morgan fingerprint density at radius 3 is 2.36 bits per heavy atom. The van der Waals surface area contributed by atoms with Crippen molar-refractivity contribution in [3.05, 3.63) is 24.6 Å². The SMILES string of the molecule is C=C1C(N)C=CN1C1CC(C)C(C)C1. The number of nitrogens with zero attached hydrogens (tertiary/aromatic N) is 1. The molecule has 1 heterocycles. The van der Waals surface area contributed by atoms with Crippen LogP contribution in [0.25, 0.3) is 0 Å². The summed E-state index contributed by atoms with van der Waals surface area (Å²) in [5.74, 6) is 1.66. The zero-order valence-electron chi connectivity index (χ0n) is 9.11. The Morgan fingerprint density at radius 2 is 1.93 bits per heavy atom. The molecule has 78 valence electrons. The van der Waals surface area contributed by atoms with Crippen LogP contribution in [0.4, 0.5) is 0 Å². The average Bonchev–Trinajstić information content (AvgIpc) is 2.61. The van der Waals surface area contributed by atoms with E-state index in [1.165, 1.54) is 12.8 Å². The van der Waals surface area contributed by atoms with Gasteiger partial charge in [0.05, 0.1) is 6.04 Å². The van der Waals surface area contributed by atoms with Gasteiger partial charge in [-0.3, -0.25) is 0 Å². The highest BCUT2D eigenvalue weighted by Gasteiger charge is 2.34. The molecule has 1 fully saturated rings. The van der Waals surface area contributed by atoms with Crippen molar-refractivity contribution in [3.8, 4) is 0 Å². The van der Waals surface area contributed by atoms with Crippen LogP contribution in [0.3, 0.4) is 0 Å². The molecule has 0 aromatic rings. The first-order chi connectivity index (χ1) is 6.59. The Bertz CT molecular complexity index is 259. The molecular weight excluding hydrogens is 172 g/mol. The molecule has 2 nitrogen and oxygen atoms in total. The molecule has 1 aliphatic carbocycles. The molecule has 0 bridgehead atoms. The monoisotopic (exact) mass is 192 g/mol. The van der Waals surface area contributed by atoms with Gasteiger partial charge < -0.3 is 10.6 Å². The standard InChI is InChI=1S/C12H20N2/c1-8-6-11(7-9(8)2)14-5-4-12(13)10(14)3/h4-5,8-9,11-12H,3,6-7,13H2,1-2H3. The average molecular weight is 192 g/mol. The van der Waals surface area contributed by atoms with Crippen LogP contribution in [0.1, 0.15) is 26.7 Å². The Kier molecular flexibility index (Phi) is 2.40. The first kappa shape index (κ1) is 9.78. The normalized spacial score (nSPS) is 42.5. The molecule has 0 aromatic carbocycles. The van der Waals surface area contributed by atoms with Gasteiger partial charge in [-0.15, -0.1) is 0 Å². The van der Waals surface area contributed by atoms with Crippen molar-refractivity contribution >= 4 is 0 Å². The quantitative estimate of drug-likeness (QED) is 0.689. The van der Waals surface area contributed by atoms with Crippen LogP contribution in [0, 0.1) is 11.8 Å². The van der Waals surface area contributed by atoms with Gasteiger partial charge in [0, 0.05) is 17.9 Å². The van der Waals surface area contributed by atoms with Gasteiger partial charge in [-0.1, -0.05) is 20.4 Å². The summed E-state index contributed by atoms with van der Waals surface area (Å²) >= 11 is 0. The molecule has 1 saturated carbocycles. The van der Waals surface area contributed by atoms with Crippen molar-refractivity contribution in [1.82, 2.24) is 4.90 Å². The first-order valence-corrected chi connectivity index (χ1v) is 5.50. The lowest BCUT2D eigenvalue weighted by atomic mass is 10.0. The minimum Gasteiger partial charge on any atom is -0.347 e. The summed E-state index contributed by atoms with van der Waals surface area (Å²) in [4.78, 5) is 2.28. The highest BCUT2D eigenvalue weighted by Crippen LogP contribution is 2.37.